The topological polar surface area (TPSA) is 90.4 Å². The predicted molar refractivity (Wildman–Crippen MR) is 79.4 cm³/mol. The molecule has 0 radical (unpaired) electrons. The third kappa shape index (κ3) is 4.16. The van der Waals surface area contributed by atoms with E-state index in [1.807, 2.05) is 0 Å². The Hall–Kier alpha value is -2.15. The lowest BCUT2D eigenvalue weighted by molar-refractivity contribution is -0.383. The third-order valence-corrected chi connectivity index (χ3v) is 2.79. The number of aromatic nitrogens is 1. The fourth-order valence-corrected chi connectivity index (χ4v) is 1.85. The third-order valence-electron chi connectivity index (χ3n) is 2.79. The molecule has 1 aromatic carbocycles. The Kier molecular flexibility index (Phi) is 5.10. The fraction of sp³-hybridized carbons (Fsp3) is 0.500. The number of anilines is 1. The molecule has 7 nitrogen and oxygen atoms in total. The predicted octanol–water partition coefficient (Wildman–Crippen LogP) is 3.21. The van der Waals surface area contributed by atoms with E-state index < -0.39 is 4.92 Å². The van der Waals surface area contributed by atoms with Crippen LogP contribution in [0.25, 0.3) is 11.1 Å². The number of non-ortho nitro benzene ring substituents is 1. The van der Waals surface area contributed by atoms with E-state index in [9.17, 15) is 10.1 Å². The van der Waals surface area contributed by atoms with E-state index in [-0.39, 0.29) is 11.2 Å². The van der Waals surface area contributed by atoms with Gasteiger partial charge in [0.2, 0.25) is 0 Å². The average molecular weight is 293 g/mol. The summed E-state index contributed by atoms with van der Waals surface area (Å²) in [4.78, 5) is 14.6. The lowest BCUT2D eigenvalue weighted by atomic mass is 10.2. The van der Waals surface area contributed by atoms with Gasteiger partial charge in [0.25, 0.3) is 11.7 Å². The summed E-state index contributed by atoms with van der Waals surface area (Å²) in [7, 11) is 0. The van der Waals surface area contributed by atoms with Gasteiger partial charge in [-0.3, -0.25) is 10.1 Å². The van der Waals surface area contributed by atoms with Crippen LogP contribution in [0.3, 0.4) is 0 Å². The van der Waals surface area contributed by atoms with E-state index in [1.54, 1.807) is 12.1 Å². The van der Waals surface area contributed by atoms with Gasteiger partial charge in [-0.25, -0.2) is 0 Å². The Morgan fingerprint density at radius 2 is 2.29 bits per heavy atom. The SMILES string of the molecule is CC(C)COCCCNc1nc2c([N+](=O)[O-])cccc2o1. The minimum absolute atomic E-state index is 0.0513. The molecule has 7 heteroatoms. The Bertz CT molecular complexity index is 609. The zero-order valence-corrected chi connectivity index (χ0v) is 12.2. The molecule has 0 fully saturated rings. The summed E-state index contributed by atoms with van der Waals surface area (Å²) in [6.45, 7) is 6.24. The molecular formula is C14H19N3O4. The minimum atomic E-state index is -0.464. The van der Waals surface area contributed by atoms with Crippen molar-refractivity contribution in [1.29, 1.82) is 0 Å². The number of hydrogen-bond donors (Lipinski definition) is 1. The molecule has 0 aliphatic heterocycles. The van der Waals surface area contributed by atoms with Gasteiger partial charge >= 0.3 is 0 Å². The molecule has 0 bridgehead atoms. The van der Waals surface area contributed by atoms with Crippen LogP contribution in [-0.4, -0.2) is 29.7 Å². The van der Waals surface area contributed by atoms with Gasteiger partial charge in [-0.1, -0.05) is 19.9 Å². The van der Waals surface area contributed by atoms with Crippen LogP contribution in [0, 0.1) is 16.0 Å². The number of nitrogens with zero attached hydrogens (tertiary/aromatic N) is 2. The molecule has 0 atom stereocenters. The standard InChI is InChI=1S/C14H19N3O4/c1-10(2)9-20-8-4-7-15-14-16-13-11(17(18)19)5-3-6-12(13)21-14/h3,5-6,10H,4,7-9H2,1-2H3,(H,15,16). The quantitative estimate of drug-likeness (QED) is 0.456. The van der Waals surface area contributed by atoms with Crippen LogP contribution >= 0.6 is 0 Å². The Morgan fingerprint density at radius 1 is 1.48 bits per heavy atom. The molecular weight excluding hydrogens is 274 g/mol. The van der Waals surface area contributed by atoms with Crippen LogP contribution in [0.4, 0.5) is 11.7 Å². The highest BCUT2D eigenvalue weighted by molar-refractivity contribution is 5.83. The summed E-state index contributed by atoms with van der Waals surface area (Å²) in [6.07, 6.45) is 0.813. The summed E-state index contributed by atoms with van der Waals surface area (Å²) in [5.41, 5.74) is 0.619. The second-order valence-electron chi connectivity index (χ2n) is 5.15. The van der Waals surface area contributed by atoms with Crippen molar-refractivity contribution < 1.29 is 14.1 Å². The molecule has 0 aliphatic carbocycles. The van der Waals surface area contributed by atoms with Crippen LogP contribution in [0.2, 0.25) is 0 Å². The van der Waals surface area contributed by atoms with Gasteiger partial charge in [0.05, 0.1) is 4.92 Å². The molecule has 2 aromatic rings. The van der Waals surface area contributed by atoms with E-state index in [1.165, 1.54) is 6.07 Å². The van der Waals surface area contributed by atoms with Crippen molar-refractivity contribution in [1.82, 2.24) is 4.98 Å². The van der Waals surface area contributed by atoms with Gasteiger partial charge < -0.3 is 14.5 Å². The normalized spacial score (nSPS) is 11.2. The molecule has 1 aromatic heterocycles. The van der Waals surface area contributed by atoms with Gasteiger partial charge in [-0.15, -0.1) is 0 Å². The highest BCUT2D eigenvalue weighted by atomic mass is 16.6. The van der Waals surface area contributed by atoms with Crippen LogP contribution < -0.4 is 5.32 Å². The molecule has 0 unspecified atom stereocenters. The molecule has 1 N–H and O–H groups in total. The van der Waals surface area contributed by atoms with Crippen molar-refractivity contribution in [2.24, 2.45) is 5.92 Å². The maximum absolute atomic E-state index is 10.9. The molecule has 1 heterocycles. The van der Waals surface area contributed by atoms with E-state index in [2.05, 4.69) is 24.1 Å². The lowest BCUT2D eigenvalue weighted by Gasteiger charge is -2.06. The van der Waals surface area contributed by atoms with Crippen LogP contribution in [0.5, 0.6) is 0 Å². The maximum atomic E-state index is 10.9. The van der Waals surface area contributed by atoms with Crippen molar-refractivity contribution in [3.63, 3.8) is 0 Å². The van der Waals surface area contributed by atoms with E-state index >= 15 is 0 Å². The number of nitrogens with one attached hydrogen (secondary N) is 1. The molecule has 114 valence electrons. The Morgan fingerprint density at radius 3 is 3.00 bits per heavy atom. The monoisotopic (exact) mass is 293 g/mol. The molecule has 0 spiro atoms. The van der Waals surface area contributed by atoms with Crippen molar-refractivity contribution in [3.8, 4) is 0 Å². The van der Waals surface area contributed by atoms with Gasteiger partial charge in [-0.05, 0) is 18.4 Å². The first-order chi connectivity index (χ1) is 10.1. The Labute approximate surface area is 122 Å². The first-order valence-electron chi connectivity index (χ1n) is 6.93. The highest BCUT2D eigenvalue weighted by Crippen LogP contribution is 2.27. The van der Waals surface area contributed by atoms with Gasteiger partial charge in [0.1, 0.15) is 0 Å². The molecule has 0 saturated carbocycles. The number of nitro groups is 1. The van der Waals surface area contributed by atoms with Gasteiger partial charge in [0.15, 0.2) is 11.1 Å². The first-order valence-corrected chi connectivity index (χ1v) is 6.93. The lowest BCUT2D eigenvalue weighted by Crippen LogP contribution is -2.08. The molecule has 0 aliphatic rings. The molecule has 21 heavy (non-hydrogen) atoms. The number of nitro benzene ring substituents is 1. The first kappa shape index (κ1) is 15.2. The number of rotatable bonds is 8. The minimum Gasteiger partial charge on any atom is -0.423 e. The van der Waals surface area contributed by atoms with Gasteiger partial charge in [-0.2, -0.15) is 4.98 Å². The van der Waals surface area contributed by atoms with Gasteiger partial charge in [0, 0.05) is 25.8 Å². The second-order valence-corrected chi connectivity index (χ2v) is 5.15. The summed E-state index contributed by atoms with van der Waals surface area (Å²) in [6, 6.07) is 4.94. The van der Waals surface area contributed by atoms with Crippen LogP contribution in [0.15, 0.2) is 22.6 Å². The van der Waals surface area contributed by atoms with Crippen molar-refractivity contribution in [2.75, 3.05) is 25.1 Å². The number of hydrogen-bond acceptors (Lipinski definition) is 6. The summed E-state index contributed by atoms with van der Waals surface area (Å²) >= 11 is 0. The maximum Gasteiger partial charge on any atom is 0.298 e. The second kappa shape index (κ2) is 7.03. The number of oxazole rings is 1. The van der Waals surface area contributed by atoms with Crippen molar-refractivity contribution >= 4 is 22.8 Å². The van der Waals surface area contributed by atoms with E-state index in [0.29, 0.717) is 30.7 Å². The molecule has 0 amide bonds. The average Bonchev–Trinajstić information content (AvgIpc) is 2.84. The smallest absolute Gasteiger partial charge is 0.298 e. The molecule has 2 rings (SSSR count). The number of ether oxygens (including phenoxy) is 1. The van der Waals surface area contributed by atoms with Crippen LogP contribution in [0.1, 0.15) is 20.3 Å². The zero-order valence-electron chi connectivity index (χ0n) is 12.2. The highest BCUT2D eigenvalue weighted by Gasteiger charge is 2.16. The van der Waals surface area contributed by atoms with Crippen molar-refractivity contribution in [2.45, 2.75) is 20.3 Å². The van der Waals surface area contributed by atoms with E-state index in [4.69, 9.17) is 9.15 Å². The molecule has 0 saturated heterocycles. The number of benzene rings is 1. The zero-order chi connectivity index (χ0) is 15.2. The van der Waals surface area contributed by atoms with Crippen LogP contribution in [-0.2, 0) is 4.74 Å². The summed E-state index contributed by atoms with van der Waals surface area (Å²) < 4.78 is 10.9. The summed E-state index contributed by atoms with van der Waals surface area (Å²) in [5, 5.41) is 13.9. The van der Waals surface area contributed by atoms with Crippen molar-refractivity contribution in [3.05, 3.63) is 28.3 Å². The number of fused-ring (bicyclic) bond motifs is 1. The summed E-state index contributed by atoms with van der Waals surface area (Å²) in [5.74, 6) is 0.524. The largest absolute Gasteiger partial charge is 0.423 e. The van der Waals surface area contributed by atoms with E-state index in [0.717, 1.165) is 13.0 Å². The Balaban J connectivity index is 1.88. The fourth-order valence-electron chi connectivity index (χ4n) is 1.85. The number of para-hydroxylation sites is 1.